The van der Waals surface area contributed by atoms with Gasteiger partial charge in [-0.3, -0.25) is 4.79 Å². The standard InChI is InChI=1S/C21H22F3N3O4S/c22-21(23,24)19(28)27-8-4-7-16(27)15-13-32-18(25-15)17-11-26(9-10-30-17)20(29)31-12-14-5-2-1-3-6-14/h1-3,5-6,13,16-17H,4,7-12H2. The summed E-state index contributed by atoms with van der Waals surface area (Å²) in [5, 5.41) is 2.23. The Morgan fingerprint density at radius 2 is 2.00 bits per heavy atom. The molecule has 0 bridgehead atoms. The SMILES string of the molecule is O=C(OCc1ccccc1)N1CCOC(c2nc(C3CCCN3C(=O)C(F)(F)F)cs2)C1. The lowest BCUT2D eigenvalue weighted by Crippen LogP contribution is -2.42. The summed E-state index contributed by atoms with van der Waals surface area (Å²) in [6.07, 6.45) is -4.96. The highest BCUT2D eigenvalue weighted by atomic mass is 32.1. The van der Waals surface area contributed by atoms with Crippen LogP contribution < -0.4 is 0 Å². The van der Waals surface area contributed by atoms with Crippen LogP contribution in [0, 0.1) is 0 Å². The largest absolute Gasteiger partial charge is 0.471 e. The van der Waals surface area contributed by atoms with E-state index in [9.17, 15) is 22.8 Å². The van der Waals surface area contributed by atoms with Gasteiger partial charge >= 0.3 is 18.2 Å². The average Bonchev–Trinajstić information content (AvgIpc) is 3.46. The smallest absolute Gasteiger partial charge is 0.445 e. The van der Waals surface area contributed by atoms with Crippen molar-refractivity contribution in [3.8, 4) is 0 Å². The van der Waals surface area contributed by atoms with Crippen LogP contribution in [-0.2, 0) is 20.9 Å². The number of thiazole rings is 1. The zero-order valence-corrected chi connectivity index (χ0v) is 17.9. The highest BCUT2D eigenvalue weighted by molar-refractivity contribution is 7.09. The van der Waals surface area contributed by atoms with Crippen molar-refractivity contribution in [3.63, 3.8) is 0 Å². The second kappa shape index (κ2) is 9.45. The van der Waals surface area contributed by atoms with Crippen molar-refractivity contribution in [2.24, 2.45) is 0 Å². The Hall–Kier alpha value is -2.66. The molecule has 2 atom stereocenters. The lowest BCUT2D eigenvalue weighted by molar-refractivity contribution is -0.186. The average molecular weight is 469 g/mol. The highest BCUT2D eigenvalue weighted by Gasteiger charge is 2.46. The normalized spacial score (nSPS) is 21.6. The molecule has 0 spiro atoms. The van der Waals surface area contributed by atoms with Crippen LogP contribution in [0.2, 0.25) is 0 Å². The molecule has 0 N–H and O–H groups in total. The quantitative estimate of drug-likeness (QED) is 0.675. The number of likely N-dealkylation sites (tertiary alicyclic amines) is 1. The van der Waals surface area contributed by atoms with Crippen LogP contribution in [0.5, 0.6) is 0 Å². The van der Waals surface area contributed by atoms with Crippen molar-refractivity contribution in [3.05, 3.63) is 52.0 Å². The molecule has 11 heteroatoms. The summed E-state index contributed by atoms with van der Waals surface area (Å²) in [6, 6.07) is 8.63. The number of nitrogens with zero attached hydrogens (tertiary/aromatic N) is 3. The van der Waals surface area contributed by atoms with Gasteiger partial charge in [0.2, 0.25) is 0 Å². The molecule has 0 saturated carbocycles. The van der Waals surface area contributed by atoms with Gasteiger partial charge in [0.25, 0.3) is 0 Å². The molecule has 2 aliphatic heterocycles. The second-order valence-corrected chi connectivity index (χ2v) is 8.50. The fourth-order valence-electron chi connectivity index (χ4n) is 3.86. The number of halogens is 3. The summed E-state index contributed by atoms with van der Waals surface area (Å²) in [5.41, 5.74) is 1.30. The summed E-state index contributed by atoms with van der Waals surface area (Å²) in [4.78, 5) is 31.0. The fraction of sp³-hybridized carbons (Fsp3) is 0.476. The van der Waals surface area contributed by atoms with E-state index < -0.39 is 30.3 Å². The number of ether oxygens (including phenoxy) is 2. The van der Waals surface area contributed by atoms with Crippen LogP contribution in [0.3, 0.4) is 0 Å². The number of hydrogen-bond donors (Lipinski definition) is 0. The van der Waals surface area contributed by atoms with E-state index in [-0.39, 0.29) is 19.7 Å². The van der Waals surface area contributed by atoms with Gasteiger partial charge in [0.15, 0.2) is 0 Å². The number of hydrogen-bond acceptors (Lipinski definition) is 6. The van der Waals surface area contributed by atoms with Crippen molar-refractivity contribution in [1.82, 2.24) is 14.8 Å². The van der Waals surface area contributed by atoms with Gasteiger partial charge in [0.1, 0.15) is 17.7 Å². The number of alkyl halides is 3. The molecule has 172 valence electrons. The molecule has 1 aromatic heterocycles. The van der Waals surface area contributed by atoms with Gasteiger partial charge in [-0.1, -0.05) is 30.3 Å². The number of amides is 2. The molecule has 2 aliphatic rings. The molecule has 32 heavy (non-hydrogen) atoms. The predicted octanol–water partition coefficient (Wildman–Crippen LogP) is 4.08. The molecule has 1 aromatic carbocycles. The number of morpholine rings is 1. The Morgan fingerprint density at radius 3 is 2.75 bits per heavy atom. The minimum Gasteiger partial charge on any atom is -0.445 e. The summed E-state index contributed by atoms with van der Waals surface area (Å²) in [6.45, 7) is 1.11. The third kappa shape index (κ3) is 5.04. The predicted molar refractivity (Wildman–Crippen MR) is 109 cm³/mol. The van der Waals surface area contributed by atoms with E-state index in [2.05, 4.69) is 4.98 Å². The van der Waals surface area contributed by atoms with Crippen molar-refractivity contribution in [1.29, 1.82) is 0 Å². The first kappa shape index (κ1) is 22.5. The number of aromatic nitrogens is 1. The minimum absolute atomic E-state index is 0.0524. The van der Waals surface area contributed by atoms with Crippen molar-refractivity contribution in [2.75, 3.05) is 26.2 Å². The first-order valence-corrected chi connectivity index (χ1v) is 11.1. The Balaban J connectivity index is 1.38. The lowest BCUT2D eigenvalue weighted by atomic mass is 10.1. The molecular formula is C21H22F3N3O4S. The Kier molecular flexibility index (Phi) is 6.66. The molecule has 0 radical (unpaired) electrons. The van der Waals surface area contributed by atoms with E-state index >= 15 is 0 Å². The van der Waals surface area contributed by atoms with Crippen LogP contribution in [0.4, 0.5) is 18.0 Å². The summed E-state index contributed by atoms with van der Waals surface area (Å²) in [5.74, 6) is -1.84. The van der Waals surface area contributed by atoms with E-state index in [1.807, 2.05) is 30.3 Å². The van der Waals surface area contributed by atoms with Crippen molar-refractivity contribution >= 4 is 23.3 Å². The first-order chi connectivity index (χ1) is 15.3. The first-order valence-electron chi connectivity index (χ1n) is 10.2. The van der Waals surface area contributed by atoms with E-state index in [1.54, 1.807) is 5.38 Å². The maximum atomic E-state index is 12.9. The third-order valence-electron chi connectivity index (χ3n) is 5.44. The number of rotatable bonds is 4. The highest BCUT2D eigenvalue weighted by Crippen LogP contribution is 2.37. The van der Waals surface area contributed by atoms with Crippen LogP contribution in [0.1, 0.15) is 41.3 Å². The maximum Gasteiger partial charge on any atom is 0.471 e. The van der Waals surface area contributed by atoms with Gasteiger partial charge in [-0.05, 0) is 18.4 Å². The Bertz CT molecular complexity index is 953. The van der Waals surface area contributed by atoms with Crippen LogP contribution in [0.25, 0.3) is 0 Å². The van der Waals surface area contributed by atoms with Crippen molar-refractivity contribution < 1.29 is 32.2 Å². The monoisotopic (exact) mass is 469 g/mol. The van der Waals surface area contributed by atoms with Gasteiger partial charge in [-0.2, -0.15) is 13.2 Å². The number of carbonyl (C=O) groups is 2. The molecule has 2 amide bonds. The molecule has 4 rings (SSSR count). The maximum absolute atomic E-state index is 12.9. The van der Waals surface area contributed by atoms with Gasteiger partial charge in [-0.25, -0.2) is 9.78 Å². The molecule has 2 unspecified atom stereocenters. The summed E-state index contributed by atoms with van der Waals surface area (Å²) in [7, 11) is 0. The van der Waals surface area contributed by atoms with Gasteiger partial charge in [-0.15, -0.1) is 11.3 Å². The van der Waals surface area contributed by atoms with Crippen LogP contribution >= 0.6 is 11.3 Å². The van der Waals surface area contributed by atoms with Crippen LogP contribution in [-0.4, -0.2) is 59.2 Å². The zero-order valence-electron chi connectivity index (χ0n) is 17.1. The lowest BCUT2D eigenvalue weighted by Gasteiger charge is -2.31. The summed E-state index contributed by atoms with van der Waals surface area (Å²) >= 11 is 1.25. The molecule has 3 heterocycles. The van der Waals surface area contributed by atoms with E-state index in [1.165, 1.54) is 16.2 Å². The zero-order chi connectivity index (χ0) is 22.7. The third-order valence-corrected chi connectivity index (χ3v) is 6.40. The van der Waals surface area contributed by atoms with Gasteiger partial charge in [0, 0.05) is 18.5 Å². The topological polar surface area (TPSA) is 72.0 Å². The van der Waals surface area contributed by atoms with Gasteiger partial charge in [0.05, 0.1) is 24.9 Å². The van der Waals surface area contributed by atoms with Crippen LogP contribution in [0.15, 0.2) is 35.7 Å². The number of benzene rings is 1. The Morgan fingerprint density at radius 1 is 1.22 bits per heavy atom. The molecule has 2 saturated heterocycles. The number of carbonyl (C=O) groups excluding carboxylic acids is 2. The molecule has 2 fully saturated rings. The van der Waals surface area contributed by atoms with E-state index in [4.69, 9.17) is 9.47 Å². The molecule has 7 nitrogen and oxygen atoms in total. The molecular weight excluding hydrogens is 447 g/mol. The van der Waals surface area contributed by atoms with E-state index in [0.29, 0.717) is 36.7 Å². The fourth-order valence-corrected chi connectivity index (χ4v) is 4.76. The van der Waals surface area contributed by atoms with E-state index in [0.717, 1.165) is 10.5 Å². The van der Waals surface area contributed by atoms with Crippen molar-refractivity contribution in [2.45, 2.75) is 37.8 Å². The summed E-state index contributed by atoms with van der Waals surface area (Å²) < 4.78 is 49.8. The second-order valence-electron chi connectivity index (χ2n) is 7.61. The molecule has 2 aromatic rings. The minimum atomic E-state index is -4.91. The van der Waals surface area contributed by atoms with Gasteiger partial charge < -0.3 is 19.3 Å². The Labute approximate surface area is 186 Å². The molecule has 0 aliphatic carbocycles.